The quantitative estimate of drug-likeness (QED) is 0.329. The predicted octanol–water partition coefficient (Wildman–Crippen LogP) is 0.0522. The number of imide groups is 6. The highest BCUT2D eigenvalue weighted by Gasteiger charge is 2.35. The number of urea groups is 2. The van der Waals surface area contributed by atoms with Gasteiger partial charge in [0.2, 0.25) is 0 Å². The number of carboxylic acids is 1. The molecule has 1 aromatic carbocycles. The molecule has 162 valence electrons. The number of hydrogen-bond acceptors (Lipinski definition) is 7. The second-order valence-corrected chi connectivity index (χ2v) is 6.36. The molecule has 0 aliphatic carbocycles. The first-order chi connectivity index (χ1) is 15.2. The monoisotopic (exact) mass is 438 g/mol. The van der Waals surface area contributed by atoms with Crippen LogP contribution in [0.5, 0.6) is 0 Å². The van der Waals surface area contributed by atoms with Gasteiger partial charge in [0, 0.05) is 30.4 Å². The van der Waals surface area contributed by atoms with E-state index >= 15 is 0 Å². The zero-order chi connectivity index (χ0) is 23.4. The first-order valence-corrected chi connectivity index (χ1v) is 8.91. The summed E-state index contributed by atoms with van der Waals surface area (Å²) in [6, 6.07) is 3.49. The van der Waals surface area contributed by atoms with Crippen molar-refractivity contribution >= 4 is 47.7 Å². The first kappa shape index (κ1) is 21.8. The van der Waals surface area contributed by atoms with E-state index in [4.69, 9.17) is 5.11 Å². The van der Waals surface area contributed by atoms with E-state index in [1.807, 2.05) is 0 Å². The number of benzene rings is 1. The molecule has 8 amide bonds. The molecule has 2 aliphatic rings. The van der Waals surface area contributed by atoms with Crippen LogP contribution in [0.2, 0.25) is 0 Å². The Bertz CT molecular complexity index is 1040. The van der Waals surface area contributed by atoms with Gasteiger partial charge in [0.05, 0.1) is 0 Å². The Morgan fingerprint density at radius 2 is 1.16 bits per heavy atom. The number of aliphatic carboxylic acids is 1. The molecular weight excluding hydrogens is 424 g/mol. The lowest BCUT2D eigenvalue weighted by Gasteiger charge is -2.24. The maximum absolute atomic E-state index is 12.5. The van der Waals surface area contributed by atoms with Gasteiger partial charge in [-0.05, 0) is 17.2 Å². The molecule has 12 heteroatoms. The molecule has 0 fully saturated rings. The van der Waals surface area contributed by atoms with Gasteiger partial charge in [0.1, 0.15) is 6.17 Å². The Labute approximate surface area is 179 Å². The van der Waals surface area contributed by atoms with Gasteiger partial charge in [-0.15, -0.1) is 0 Å². The van der Waals surface area contributed by atoms with Crippen LogP contribution in [0.1, 0.15) is 17.3 Å². The van der Waals surface area contributed by atoms with E-state index in [1.165, 1.54) is 30.3 Å². The van der Waals surface area contributed by atoms with Crippen molar-refractivity contribution in [1.82, 2.24) is 20.4 Å². The first-order valence-electron chi connectivity index (χ1n) is 8.91. The van der Waals surface area contributed by atoms with Gasteiger partial charge in [-0.1, -0.05) is 24.3 Å². The third-order valence-electron chi connectivity index (χ3n) is 4.25. The van der Waals surface area contributed by atoms with Crippen LogP contribution in [0.4, 0.5) is 9.59 Å². The fourth-order valence-corrected chi connectivity index (χ4v) is 2.75. The number of carboxylic acid groups (broad SMARTS) is 1. The second-order valence-electron chi connectivity index (χ2n) is 6.36. The van der Waals surface area contributed by atoms with Crippen molar-refractivity contribution in [2.24, 2.45) is 0 Å². The van der Waals surface area contributed by atoms with Crippen molar-refractivity contribution in [3.8, 4) is 0 Å². The third-order valence-corrected chi connectivity index (χ3v) is 4.25. The summed E-state index contributed by atoms with van der Waals surface area (Å²) in [5.41, 5.74) is 0.717. The molecule has 2 heterocycles. The lowest BCUT2D eigenvalue weighted by atomic mass is 10.1. The molecule has 32 heavy (non-hydrogen) atoms. The van der Waals surface area contributed by atoms with Gasteiger partial charge in [0.15, 0.2) is 0 Å². The lowest BCUT2D eigenvalue weighted by Crippen LogP contribution is -2.52. The molecule has 0 bridgehead atoms. The van der Waals surface area contributed by atoms with E-state index in [2.05, 4.69) is 10.6 Å². The van der Waals surface area contributed by atoms with Crippen molar-refractivity contribution in [3.05, 3.63) is 65.8 Å². The smallest absolute Gasteiger partial charge is 0.333 e. The Balaban J connectivity index is 1.84. The molecule has 0 saturated carbocycles. The highest BCUT2D eigenvalue weighted by Crippen LogP contribution is 2.16. The Morgan fingerprint density at radius 3 is 1.53 bits per heavy atom. The van der Waals surface area contributed by atoms with Crippen molar-refractivity contribution in [3.63, 3.8) is 0 Å². The Morgan fingerprint density at radius 1 is 0.750 bits per heavy atom. The maximum Gasteiger partial charge on any atom is 0.333 e. The molecule has 0 unspecified atom stereocenters. The van der Waals surface area contributed by atoms with Crippen molar-refractivity contribution in [2.75, 3.05) is 0 Å². The molecular formula is C20H14N4O8. The summed E-state index contributed by atoms with van der Waals surface area (Å²) in [5.74, 6) is -4.71. The highest BCUT2D eigenvalue weighted by atomic mass is 16.4. The van der Waals surface area contributed by atoms with Crippen LogP contribution in [0.3, 0.4) is 0 Å². The summed E-state index contributed by atoms with van der Waals surface area (Å²) in [4.78, 5) is 83.2. The van der Waals surface area contributed by atoms with Crippen LogP contribution in [0.25, 0.3) is 6.08 Å². The van der Waals surface area contributed by atoms with Gasteiger partial charge in [-0.3, -0.25) is 19.2 Å². The number of hydrogen-bond donors (Lipinski definition) is 3. The molecule has 0 spiro atoms. The summed E-state index contributed by atoms with van der Waals surface area (Å²) in [7, 11) is 0. The number of nitrogens with one attached hydrogen (secondary N) is 2. The zero-order valence-electron chi connectivity index (χ0n) is 16.1. The topological polar surface area (TPSA) is 170 Å². The van der Waals surface area contributed by atoms with Gasteiger partial charge in [0.25, 0.3) is 23.6 Å². The van der Waals surface area contributed by atoms with Crippen molar-refractivity contribution in [2.45, 2.75) is 6.17 Å². The second kappa shape index (κ2) is 8.87. The van der Waals surface area contributed by atoms with E-state index in [0.29, 0.717) is 15.4 Å². The van der Waals surface area contributed by atoms with E-state index in [1.54, 1.807) is 0 Å². The van der Waals surface area contributed by atoms with Gasteiger partial charge < -0.3 is 15.7 Å². The van der Waals surface area contributed by atoms with Gasteiger partial charge in [-0.2, -0.15) is 9.80 Å². The number of carbonyl (C=O) groups is 7. The van der Waals surface area contributed by atoms with Crippen LogP contribution in [-0.2, 0) is 24.0 Å². The van der Waals surface area contributed by atoms with E-state index in [0.717, 1.165) is 30.4 Å². The van der Waals surface area contributed by atoms with Crippen LogP contribution in [0.15, 0.2) is 54.6 Å². The Hall–Kier alpha value is -4.87. The highest BCUT2D eigenvalue weighted by molar-refractivity contribution is 6.23. The Kier molecular flexibility index (Phi) is 6.05. The molecule has 3 N–H and O–H groups in total. The van der Waals surface area contributed by atoms with Crippen LogP contribution >= 0.6 is 0 Å². The summed E-state index contributed by atoms with van der Waals surface area (Å²) in [6.45, 7) is 0. The molecule has 0 atom stereocenters. The fraction of sp³-hybridized carbons (Fsp3) is 0.0500. The summed E-state index contributed by atoms with van der Waals surface area (Å²) < 4.78 is 0. The number of amides is 8. The largest absolute Gasteiger partial charge is 0.478 e. The van der Waals surface area contributed by atoms with Crippen LogP contribution < -0.4 is 10.6 Å². The van der Waals surface area contributed by atoms with E-state index in [-0.39, 0.29) is 5.56 Å². The minimum atomic E-state index is -1.37. The predicted molar refractivity (Wildman–Crippen MR) is 105 cm³/mol. The summed E-state index contributed by atoms with van der Waals surface area (Å²) in [6.07, 6.45) is 4.43. The molecule has 2 aliphatic heterocycles. The average Bonchev–Trinajstić information content (AvgIpc) is 3.26. The van der Waals surface area contributed by atoms with Crippen LogP contribution in [-0.4, -0.2) is 56.6 Å². The van der Waals surface area contributed by atoms with Crippen LogP contribution in [0, 0.1) is 0 Å². The summed E-state index contributed by atoms with van der Waals surface area (Å²) in [5, 5.41) is 13.3. The normalized spacial score (nSPS) is 15.4. The van der Waals surface area contributed by atoms with E-state index in [9.17, 15) is 33.6 Å². The number of carbonyl (C=O) groups excluding carboxylic acids is 6. The average molecular weight is 438 g/mol. The maximum atomic E-state index is 12.5. The zero-order valence-corrected chi connectivity index (χ0v) is 16.1. The molecule has 12 nitrogen and oxygen atoms in total. The molecule has 0 radical (unpaired) electrons. The minimum absolute atomic E-state index is 0.235. The minimum Gasteiger partial charge on any atom is -0.478 e. The standard InChI is InChI=1S/C20H14N4O8/c25-13-6-7-14(26)23(13)19(31)21-18(22-20(32)24-15(27)8-9-16(24)28)12-4-1-11(2-5-12)3-10-17(29)30/h1-10,18H,(H,21,31)(H,22,32)(H,29,30)/b10-3+. The number of nitrogens with zero attached hydrogens (tertiary/aromatic N) is 2. The van der Waals surface area contributed by atoms with E-state index < -0.39 is 47.8 Å². The van der Waals surface area contributed by atoms with Gasteiger partial charge in [-0.25, -0.2) is 14.4 Å². The molecule has 3 rings (SSSR count). The number of rotatable bonds is 5. The summed E-state index contributed by atoms with van der Waals surface area (Å²) >= 11 is 0. The molecule has 0 aromatic heterocycles. The lowest BCUT2D eigenvalue weighted by molar-refractivity contribution is -0.134. The molecule has 0 saturated heterocycles. The fourth-order valence-electron chi connectivity index (χ4n) is 2.75. The van der Waals surface area contributed by atoms with Gasteiger partial charge >= 0.3 is 18.0 Å². The molecule has 1 aromatic rings. The SMILES string of the molecule is O=C(O)/C=C/c1ccc(C(NC(=O)N2C(=O)C=CC2=O)NC(=O)N2C(=O)C=CC2=O)cc1. The van der Waals surface area contributed by atoms with Crippen molar-refractivity contribution in [1.29, 1.82) is 0 Å². The third kappa shape index (κ3) is 4.64. The van der Waals surface area contributed by atoms with Crippen molar-refractivity contribution < 1.29 is 38.7 Å².